The van der Waals surface area contributed by atoms with Gasteiger partial charge in [-0.3, -0.25) is 0 Å². The molecule has 0 aromatic heterocycles. The Morgan fingerprint density at radius 1 is 0.944 bits per heavy atom. The second-order valence-electron chi connectivity index (χ2n) is 4.66. The van der Waals surface area contributed by atoms with Crippen molar-refractivity contribution in [3.05, 3.63) is 35.4 Å². The van der Waals surface area contributed by atoms with Gasteiger partial charge < -0.3 is 5.73 Å². The highest BCUT2D eigenvalue weighted by Gasteiger charge is 2.58. The molecule has 0 spiro atoms. The lowest BCUT2D eigenvalue weighted by molar-refractivity contribution is -0.289. The van der Waals surface area contributed by atoms with Gasteiger partial charge in [0.25, 0.3) is 0 Å². The summed E-state index contributed by atoms with van der Waals surface area (Å²) in [5, 5.41) is 0. The quantitative estimate of drug-likeness (QED) is 0.811. The van der Waals surface area contributed by atoms with Crippen LogP contribution in [0.1, 0.15) is 30.4 Å². The Morgan fingerprint density at radius 2 is 1.44 bits per heavy atom. The van der Waals surface area contributed by atoms with Crippen LogP contribution in [0.2, 0.25) is 0 Å². The third kappa shape index (κ3) is 1.98. The van der Waals surface area contributed by atoms with Crippen LogP contribution in [-0.4, -0.2) is 6.18 Å². The minimum absolute atomic E-state index is 0.563. The van der Waals surface area contributed by atoms with E-state index in [1.165, 1.54) is 12.1 Å². The Morgan fingerprint density at radius 3 is 1.78 bits per heavy atom. The predicted molar refractivity (Wildman–Crippen MR) is 56.1 cm³/mol. The number of hydrogen-bond donors (Lipinski definition) is 1. The first-order valence-corrected chi connectivity index (χ1v) is 5.51. The van der Waals surface area contributed by atoms with Crippen LogP contribution in [0.15, 0.2) is 24.3 Å². The third-order valence-electron chi connectivity index (χ3n) is 3.42. The van der Waals surface area contributed by atoms with Crippen molar-refractivity contribution in [2.45, 2.75) is 36.9 Å². The Kier molecular flexibility index (Phi) is 2.88. The van der Waals surface area contributed by atoms with Gasteiger partial charge in [-0.15, -0.1) is 0 Å². The average Bonchev–Trinajstić information content (AvgIpc) is 2.24. The number of halogens is 5. The summed E-state index contributed by atoms with van der Waals surface area (Å²) >= 11 is 0. The van der Waals surface area contributed by atoms with Crippen LogP contribution in [0.5, 0.6) is 0 Å². The summed E-state index contributed by atoms with van der Waals surface area (Å²) in [6, 6.07) is 4.12. The van der Waals surface area contributed by atoms with Crippen LogP contribution in [0, 0.1) is 0 Å². The standard InChI is InChI=1S/C12H12F5N/c13-11(14,12(15,16)17)9-4-2-8(3-5-9)10(18)6-1-7-10/h2-5H,1,6-7,18H2. The molecule has 0 unspecified atom stereocenters. The molecule has 6 heteroatoms. The fraction of sp³-hybridized carbons (Fsp3) is 0.500. The van der Waals surface area contributed by atoms with Crippen LogP contribution in [0.25, 0.3) is 0 Å². The van der Waals surface area contributed by atoms with E-state index in [2.05, 4.69) is 0 Å². The van der Waals surface area contributed by atoms with E-state index in [9.17, 15) is 22.0 Å². The summed E-state index contributed by atoms with van der Waals surface area (Å²) in [6.07, 6.45) is -3.19. The van der Waals surface area contributed by atoms with Crippen molar-refractivity contribution in [1.82, 2.24) is 0 Å². The highest BCUT2D eigenvalue weighted by Crippen LogP contribution is 2.45. The molecule has 1 aromatic carbocycles. The maximum absolute atomic E-state index is 13.0. The summed E-state index contributed by atoms with van der Waals surface area (Å²) < 4.78 is 62.5. The second kappa shape index (κ2) is 3.91. The maximum Gasteiger partial charge on any atom is 0.458 e. The van der Waals surface area contributed by atoms with Crippen molar-refractivity contribution in [2.24, 2.45) is 5.73 Å². The first-order chi connectivity index (χ1) is 8.17. The fourth-order valence-electron chi connectivity index (χ4n) is 2.02. The van der Waals surface area contributed by atoms with Crippen molar-refractivity contribution in [1.29, 1.82) is 0 Å². The van der Waals surface area contributed by atoms with Crippen LogP contribution in [-0.2, 0) is 11.5 Å². The van der Waals surface area contributed by atoms with Gasteiger partial charge >= 0.3 is 12.1 Å². The van der Waals surface area contributed by atoms with E-state index in [4.69, 9.17) is 5.73 Å². The molecule has 1 aliphatic carbocycles. The zero-order valence-corrected chi connectivity index (χ0v) is 9.40. The van der Waals surface area contributed by atoms with Gasteiger partial charge in [-0.2, -0.15) is 22.0 Å². The lowest BCUT2D eigenvalue weighted by atomic mass is 9.72. The van der Waals surface area contributed by atoms with E-state index in [0.29, 0.717) is 5.56 Å². The monoisotopic (exact) mass is 265 g/mol. The molecule has 1 aromatic rings. The average molecular weight is 265 g/mol. The molecule has 18 heavy (non-hydrogen) atoms. The Bertz CT molecular complexity index is 431. The minimum Gasteiger partial charge on any atom is -0.321 e. The molecule has 2 rings (SSSR count). The van der Waals surface area contributed by atoms with E-state index in [0.717, 1.165) is 31.4 Å². The summed E-state index contributed by atoms with van der Waals surface area (Å²) in [4.78, 5) is 0. The molecule has 0 atom stereocenters. The number of benzene rings is 1. The molecule has 0 heterocycles. The lowest BCUT2D eigenvalue weighted by Gasteiger charge is -2.38. The van der Waals surface area contributed by atoms with Crippen molar-refractivity contribution in [2.75, 3.05) is 0 Å². The molecule has 0 radical (unpaired) electrons. The highest BCUT2D eigenvalue weighted by atomic mass is 19.4. The van der Waals surface area contributed by atoms with Gasteiger partial charge in [0.15, 0.2) is 0 Å². The van der Waals surface area contributed by atoms with Crippen LogP contribution >= 0.6 is 0 Å². The topological polar surface area (TPSA) is 26.0 Å². The molecule has 1 fully saturated rings. The molecule has 100 valence electrons. The van der Waals surface area contributed by atoms with Gasteiger partial charge in [0, 0.05) is 11.1 Å². The minimum atomic E-state index is -5.58. The molecule has 1 nitrogen and oxygen atoms in total. The van der Waals surface area contributed by atoms with Crippen LogP contribution in [0.3, 0.4) is 0 Å². The number of alkyl halides is 5. The normalized spacial score (nSPS) is 19.4. The second-order valence-corrected chi connectivity index (χ2v) is 4.66. The van der Waals surface area contributed by atoms with Gasteiger partial charge in [-0.25, -0.2) is 0 Å². The van der Waals surface area contributed by atoms with Gasteiger partial charge in [0.1, 0.15) is 0 Å². The Balaban J connectivity index is 2.28. The summed E-state index contributed by atoms with van der Waals surface area (Å²) in [5.41, 5.74) is 4.95. The fourth-order valence-corrected chi connectivity index (χ4v) is 2.02. The van der Waals surface area contributed by atoms with Crippen LogP contribution in [0.4, 0.5) is 22.0 Å². The van der Waals surface area contributed by atoms with Gasteiger partial charge in [-0.1, -0.05) is 24.3 Å². The molecular formula is C12H12F5N. The number of hydrogen-bond acceptors (Lipinski definition) is 1. The lowest BCUT2D eigenvalue weighted by Crippen LogP contribution is -2.43. The largest absolute Gasteiger partial charge is 0.458 e. The molecule has 2 N–H and O–H groups in total. The predicted octanol–water partition coefficient (Wildman–Crippen LogP) is 3.68. The zero-order valence-electron chi connectivity index (χ0n) is 9.40. The number of rotatable bonds is 2. The van der Waals surface area contributed by atoms with Gasteiger partial charge in [0.05, 0.1) is 0 Å². The van der Waals surface area contributed by atoms with E-state index in [1.54, 1.807) is 0 Å². The summed E-state index contributed by atoms with van der Waals surface area (Å²) in [6.45, 7) is 0. The van der Waals surface area contributed by atoms with E-state index in [1.807, 2.05) is 0 Å². The zero-order chi connectivity index (χ0) is 13.6. The maximum atomic E-state index is 13.0. The van der Waals surface area contributed by atoms with Gasteiger partial charge in [-0.05, 0) is 24.8 Å². The van der Waals surface area contributed by atoms with Crippen molar-refractivity contribution in [3.63, 3.8) is 0 Å². The molecule has 1 aliphatic rings. The van der Waals surface area contributed by atoms with E-state index >= 15 is 0 Å². The summed E-state index contributed by atoms with van der Waals surface area (Å²) in [5.74, 6) is -4.83. The molecule has 0 aliphatic heterocycles. The molecule has 0 saturated heterocycles. The Hall–Kier alpha value is -1.17. The van der Waals surface area contributed by atoms with E-state index < -0.39 is 23.2 Å². The number of nitrogens with two attached hydrogens (primary N) is 1. The Labute approximate surface area is 101 Å². The molecular weight excluding hydrogens is 253 g/mol. The molecule has 0 amide bonds. The van der Waals surface area contributed by atoms with E-state index in [-0.39, 0.29) is 0 Å². The first kappa shape index (κ1) is 13.3. The van der Waals surface area contributed by atoms with Crippen molar-refractivity contribution in [3.8, 4) is 0 Å². The van der Waals surface area contributed by atoms with Gasteiger partial charge in [0.2, 0.25) is 0 Å². The smallest absolute Gasteiger partial charge is 0.321 e. The summed E-state index contributed by atoms with van der Waals surface area (Å²) in [7, 11) is 0. The van der Waals surface area contributed by atoms with Crippen LogP contribution < -0.4 is 5.73 Å². The highest BCUT2D eigenvalue weighted by molar-refractivity contribution is 5.32. The third-order valence-corrected chi connectivity index (χ3v) is 3.42. The van der Waals surface area contributed by atoms with Crippen molar-refractivity contribution >= 4 is 0 Å². The molecule has 1 saturated carbocycles. The first-order valence-electron chi connectivity index (χ1n) is 5.51. The molecule has 0 bridgehead atoms. The van der Waals surface area contributed by atoms with Crippen molar-refractivity contribution < 1.29 is 22.0 Å². The SMILES string of the molecule is NC1(c2ccc(C(F)(F)C(F)(F)F)cc2)CCC1.